The molecular weight excluding hydrogens is 415 g/mol. The van der Waals surface area contributed by atoms with Crippen molar-refractivity contribution in [3.8, 4) is 0 Å². The zero-order chi connectivity index (χ0) is 21.6. The monoisotopic (exact) mass is 438 g/mol. The van der Waals surface area contributed by atoms with Crippen molar-refractivity contribution in [3.63, 3.8) is 0 Å². The molecule has 1 aromatic heterocycles. The highest BCUT2D eigenvalue weighted by atomic mass is 32.2. The fourth-order valence-corrected chi connectivity index (χ4v) is 4.49. The maximum absolute atomic E-state index is 13.0. The lowest BCUT2D eigenvalue weighted by Crippen LogP contribution is -2.51. The van der Waals surface area contributed by atoms with Gasteiger partial charge in [-0.2, -0.15) is 0 Å². The minimum absolute atomic E-state index is 0.0770. The van der Waals surface area contributed by atoms with E-state index in [0.717, 1.165) is 12.1 Å². The second-order valence-corrected chi connectivity index (χ2v) is 8.63. The van der Waals surface area contributed by atoms with E-state index < -0.39 is 40.7 Å². The zero-order valence-electron chi connectivity index (χ0n) is 16.1. The van der Waals surface area contributed by atoms with E-state index in [1.165, 1.54) is 18.5 Å². The summed E-state index contributed by atoms with van der Waals surface area (Å²) in [7, 11) is -3.90. The van der Waals surface area contributed by atoms with Crippen LogP contribution in [0.3, 0.4) is 0 Å². The van der Waals surface area contributed by atoms with Crippen LogP contribution in [0.4, 0.5) is 4.39 Å². The largest absolute Gasteiger partial charge is 0.394 e. The van der Waals surface area contributed by atoms with Gasteiger partial charge in [-0.1, -0.05) is 0 Å². The number of aliphatic hydroxyl groups excluding tert-OH is 1. The molecule has 3 rings (SSSR count). The number of carbonyl (C=O) groups excluding carboxylic acids is 1. The number of halogens is 1. The minimum atomic E-state index is -3.90. The van der Waals surface area contributed by atoms with Crippen LogP contribution in [-0.4, -0.2) is 54.3 Å². The Morgan fingerprint density at radius 3 is 2.67 bits per heavy atom. The van der Waals surface area contributed by atoms with Crippen LogP contribution in [0.5, 0.6) is 0 Å². The highest BCUT2D eigenvalue weighted by Gasteiger charge is 2.34. The number of hydrogen-bond donors (Lipinski definition) is 3. The number of aromatic nitrogens is 2. The molecule has 3 N–H and O–H groups in total. The molecule has 30 heavy (non-hydrogen) atoms. The molecule has 3 atom stereocenters. The van der Waals surface area contributed by atoms with Crippen LogP contribution < -0.4 is 10.0 Å². The summed E-state index contributed by atoms with van der Waals surface area (Å²) in [5.41, 5.74) is 0.673. The Morgan fingerprint density at radius 1 is 1.23 bits per heavy atom. The molecule has 162 valence electrons. The molecule has 1 saturated heterocycles. The zero-order valence-corrected chi connectivity index (χ0v) is 16.9. The Labute approximate surface area is 173 Å². The number of carbonyl (C=O) groups is 1. The normalized spacial score (nSPS) is 21.9. The van der Waals surface area contributed by atoms with Gasteiger partial charge in [0.05, 0.1) is 48.4 Å². The molecule has 11 heteroatoms. The van der Waals surface area contributed by atoms with Crippen LogP contribution >= 0.6 is 0 Å². The van der Waals surface area contributed by atoms with Crippen molar-refractivity contribution in [1.29, 1.82) is 0 Å². The fourth-order valence-electron chi connectivity index (χ4n) is 3.19. The van der Waals surface area contributed by atoms with E-state index in [1.807, 2.05) is 0 Å². The van der Waals surface area contributed by atoms with Crippen LogP contribution in [0.2, 0.25) is 0 Å². The van der Waals surface area contributed by atoms with E-state index in [2.05, 4.69) is 20.0 Å². The first kappa shape index (κ1) is 22.2. The molecule has 0 spiro atoms. The average molecular weight is 438 g/mol. The number of rotatable bonds is 8. The summed E-state index contributed by atoms with van der Waals surface area (Å²) in [6, 6.07) is 5.49. The average Bonchev–Trinajstić information content (AvgIpc) is 2.74. The number of aliphatic hydroxyl groups is 1. The van der Waals surface area contributed by atoms with Gasteiger partial charge >= 0.3 is 0 Å². The van der Waals surface area contributed by atoms with E-state index in [4.69, 9.17) is 4.74 Å². The molecule has 0 radical (unpaired) electrons. The number of nitrogens with one attached hydrogen (secondary N) is 2. The lowest BCUT2D eigenvalue weighted by molar-refractivity contribution is -0.130. The number of ether oxygens (including phenoxy) is 1. The third-order valence-corrected chi connectivity index (χ3v) is 6.25. The maximum atomic E-state index is 13.0. The van der Waals surface area contributed by atoms with Crippen LogP contribution in [0.15, 0.2) is 47.8 Å². The van der Waals surface area contributed by atoms with Gasteiger partial charge in [0.25, 0.3) is 0 Å². The van der Waals surface area contributed by atoms with Crippen molar-refractivity contribution < 1.29 is 27.4 Å². The Morgan fingerprint density at radius 2 is 2.00 bits per heavy atom. The third-order valence-electron chi connectivity index (χ3n) is 4.75. The molecule has 0 aliphatic carbocycles. The van der Waals surface area contributed by atoms with Crippen molar-refractivity contribution in [2.24, 2.45) is 0 Å². The van der Waals surface area contributed by atoms with Crippen LogP contribution in [0.1, 0.15) is 25.0 Å². The first-order valence-corrected chi connectivity index (χ1v) is 10.9. The SMILES string of the molecule is O=C(C[C@@H]1CC[C@H](NS(=O)(=O)c2ccc(F)cc2)[C@H](CO)O1)NCc1ccncn1. The summed E-state index contributed by atoms with van der Waals surface area (Å²) < 4.78 is 46.3. The van der Waals surface area contributed by atoms with Crippen LogP contribution in [-0.2, 0) is 26.1 Å². The van der Waals surface area contributed by atoms with Crippen molar-refractivity contribution in [2.45, 2.75) is 49.0 Å². The van der Waals surface area contributed by atoms with E-state index in [9.17, 15) is 22.7 Å². The highest BCUT2D eigenvalue weighted by molar-refractivity contribution is 7.89. The molecule has 0 saturated carbocycles. The molecular formula is C19H23FN4O5S. The summed E-state index contributed by atoms with van der Waals surface area (Å²) >= 11 is 0. The van der Waals surface area contributed by atoms with Gasteiger partial charge in [0, 0.05) is 6.20 Å². The molecule has 0 unspecified atom stereocenters. The predicted octanol–water partition coefficient (Wildman–Crippen LogP) is 0.509. The van der Waals surface area contributed by atoms with Gasteiger partial charge < -0.3 is 15.2 Å². The van der Waals surface area contributed by atoms with Gasteiger partial charge in [-0.05, 0) is 43.2 Å². The lowest BCUT2D eigenvalue weighted by Gasteiger charge is -2.35. The highest BCUT2D eigenvalue weighted by Crippen LogP contribution is 2.23. The summed E-state index contributed by atoms with van der Waals surface area (Å²) in [6.45, 7) is -0.146. The number of sulfonamides is 1. The van der Waals surface area contributed by atoms with Gasteiger partial charge in [-0.15, -0.1) is 0 Å². The van der Waals surface area contributed by atoms with Gasteiger partial charge in [-0.25, -0.2) is 27.5 Å². The quantitative estimate of drug-likeness (QED) is 0.547. The smallest absolute Gasteiger partial charge is 0.240 e. The topological polar surface area (TPSA) is 131 Å². The van der Waals surface area contributed by atoms with E-state index in [-0.39, 0.29) is 23.8 Å². The van der Waals surface area contributed by atoms with E-state index in [1.54, 1.807) is 12.3 Å². The second kappa shape index (κ2) is 10.0. The van der Waals surface area contributed by atoms with Crippen molar-refractivity contribution >= 4 is 15.9 Å². The molecule has 1 aliphatic rings. The van der Waals surface area contributed by atoms with E-state index >= 15 is 0 Å². The van der Waals surface area contributed by atoms with Crippen LogP contribution in [0, 0.1) is 5.82 Å². The summed E-state index contributed by atoms with van der Waals surface area (Å²) in [5, 5.41) is 12.4. The molecule has 1 amide bonds. The lowest BCUT2D eigenvalue weighted by atomic mass is 9.98. The molecule has 1 fully saturated rings. The number of benzene rings is 1. The first-order valence-electron chi connectivity index (χ1n) is 9.43. The van der Waals surface area contributed by atoms with Gasteiger partial charge in [0.15, 0.2) is 0 Å². The van der Waals surface area contributed by atoms with Crippen molar-refractivity contribution in [2.75, 3.05) is 6.61 Å². The Balaban J connectivity index is 1.53. The molecule has 2 heterocycles. The number of hydrogen-bond acceptors (Lipinski definition) is 7. The Bertz CT molecular complexity index is 943. The number of nitrogens with zero attached hydrogens (tertiary/aromatic N) is 2. The molecule has 9 nitrogen and oxygen atoms in total. The Hall–Kier alpha value is -2.47. The molecule has 1 aromatic carbocycles. The first-order chi connectivity index (χ1) is 14.4. The number of amides is 1. The standard InChI is InChI=1S/C19H23FN4O5S/c20-13-1-4-16(5-2-13)30(27,28)24-17-6-3-15(29-18(17)11-25)9-19(26)22-10-14-7-8-21-12-23-14/h1-2,4-5,7-8,12,15,17-18,24-25H,3,6,9-11H2,(H,22,26)/t15-,17-,18-/m0/s1. The van der Waals surface area contributed by atoms with Gasteiger partial charge in [0.2, 0.25) is 15.9 Å². The summed E-state index contributed by atoms with van der Waals surface area (Å²) in [4.78, 5) is 19.9. The molecule has 0 bridgehead atoms. The van der Waals surface area contributed by atoms with Gasteiger partial charge in [-0.3, -0.25) is 4.79 Å². The second-order valence-electron chi connectivity index (χ2n) is 6.92. The summed E-state index contributed by atoms with van der Waals surface area (Å²) in [6.07, 6.45) is 2.64. The molecule has 1 aliphatic heterocycles. The maximum Gasteiger partial charge on any atom is 0.240 e. The van der Waals surface area contributed by atoms with Gasteiger partial charge in [0.1, 0.15) is 12.1 Å². The molecule has 2 aromatic rings. The summed E-state index contributed by atoms with van der Waals surface area (Å²) in [5.74, 6) is -0.773. The minimum Gasteiger partial charge on any atom is -0.394 e. The van der Waals surface area contributed by atoms with Crippen molar-refractivity contribution in [1.82, 2.24) is 20.0 Å². The Kier molecular flexibility index (Phi) is 7.43. The van der Waals surface area contributed by atoms with Crippen molar-refractivity contribution in [3.05, 3.63) is 54.4 Å². The fraction of sp³-hybridized carbons (Fsp3) is 0.421. The predicted molar refractivity (Wildman–Crippen MR) is 104 cm³/mol. The van der Waals surface area contributed by atoms with Crippen LogP contribution in [0.25, 0.3) is 0 Å². The van der Waals surface area contributed by atoms with E-state index in [0.29, 0.717) is 18.5 Å². The third kappa shape index (κ3) is 6.02.